The molecule has 0 N–H and O–H groups in total. The second kappa shape index (κ2) is 16.9. The van der Waals surface area contributed by atoms with Crippen LogP contribution in [0.25, 0.3) is 22.5 Å². The second-order valence-corrected chi connectivity index (χ2v) is 11.4. The Bertz CT molecular complexity index is 1150. The largest absolute Gasteiger partial charge is 0.490 e. The smallest absolute Gasteiger partial charge is 0.308 e. The highest BCUT2D eigenvalue weighted by molar-refractivity contribution is 5.72. The maximum Gasteiger partial charge on any atom is 0.308 e. The minimum atomic E-state index is 0.0220. The van der Waals surface area contributed by atoms with Crippen molar-refractivity contribution in [3.8, 4) is 28.3 Å². The van der Waals surface area contributed by atoms with Crippen molar-refractivity contribution in [1.29, 1.82) is 0 Å². The van der Waals surface area contributed by atoms with Gasteiger partial charge in [-0.05, 0) is 81.8 Å². The third kappa shape index (κ3) is 10.6. The molecule has 0 atom stereocenters. The summed E-state index contributed by atoms with van der Waals surface area (Å²) in [5.74, 6) is 2.29. The van der Waals surface area contributed by atoms with E-state index in [0.29, 0.717) is 24.8 Å². The maximum atomic E-state index is 12.1. The summed E-state index contributed by atoms with van der Waals surface area (Å²) >= 11 is 0. The molecule has 0 bridgehead atoms. The molecule has 0 unspecified atom stereocenters. The van der Waals surface area contributed by atoms with E-state index in [1.807, 2.05) is 0 Å². The molecule has 1 saturated carbocycles. The molecule has 6 heteroatoms. The number of aryl methyl sites for hydroxylation is 1. The Morgan fingerprint density at radius 1 is 0.707 bits per heavy atom. The lowest BCUT2D eigenvalue weighted by atomic mass is 9.83. The van der Waals surface area contributed by atoms with Gasteiger partial charge < -0.3 is 14.2 Å². The first-order chi connectivity index (χ1) is 20.1. The van der Waals surface area contributed by atoms with Gasteiger partial charge in [0.2, 0.25) is 0 Å². The molecule has 0 radical (unpaired) electrons. The Morgan fingerprint density at radius 2 is 1.24 bits per heavy atom. The van der Waals surface area contributed by atoms with Gasteiger partial charge in [-0.25, -0.2) is 9.97 Å². The number of rotatable bonds is 16. The van der Waals surface area contributed by atoms with Gasteiger partial charge in [0.25, 0.3) is 0 Å². The monoisotopic (exact) mass is 558 g/mol. The molecule has 0 spiro atoms. The van der Waals surface area contributed by atoms with Gasteiger partial charge >= 0.3 is 5.97 Å². The Kier molecular flexibility index (Phi) is 12.6. The number of benzene rings is 2. The van der Waals surface area contributed by atoms with E-state index in [4.69, 9.17) is 14.2 Å². The average Bonchev–Trinajstić information content (AvgIpc) is 3.00. The number of carbonyl (C=O) groups excluding carboxylic acids is 1. The third-order valence-electron chi connectivity index (χ3n) is 7.88. The van der Waals surface area contributed by atoms with Crippen LogP contribution in [0.3, 0.4) is 0 Å². The summed E-state index contributed by atoms with van der Waals surface area (Å²) in [6.07, 6.45) is 13.8. The highest BCUT2D eigenvalue weighted by Gasteiger charge is 2.25. The number of aromatic nitrogens is 2. The molecule has 3 aromatic rings. The van der Waals surface area contributed by atoms with Crippen molar-refractivity contribution in [1.82, 2.24) is 9.97 Å². The van der Waals surface area contributed by atoms with E-state index >= 15 is 0 Å². The molecular weight excluding hydrogens is 512 g/mol. The zero-order valence-electron chi connectivity index (χ0n) is 24.9. The molecule has 6 nitrogen and oxygen atoms in total. The molecule has 220 valence electrons. The van der Waals surface area contributed by atoms with Crippen molar-refractivity contribution in [2.45, 2.75) is 78.1 Å². The minimum absolute atomic E-state index is 0.0220. The predicted octanol–water partition coefficient (Wildman–Crippen LogP) is 8.22. The van der Waals surface area contributed by atoms with Gasteiger partial charge in [0.05, 0.1) is 31.5 Å². The van der Waals surface area contributed by atoms with Crippen LogP contribution in [0.5, 0.6) is 5.75 Å². The second-order valence-electron chi connectivity index (χ2n) is 11.4. The van der Waals surface area contributed by atoms with Gasteiger partial charge in [-0.3, -0.25) is 4.79 Å². The van der Waals surface area contributed by atoms with E-state index < -0.39 is 0 Å². The summed E-state index contributed by atoms with van der Waals surface area (Å²) in [7, 11) is 0. The Balaban J connectivity index is 0.986. The number of nitrogens with zero attached hydrogens (tertiary/aromatic N) is 2. The minimum Gasteiger partial charge on any atom is -0.490 e. The first-order valence-corrected chi connectivity index (χ1v) is 15.4. The zero-order chi connectivity index (χ0) is 28.7. The predicted molar refractivity (Wildman–Crippen MR) is 164 cm³/mol. The highest BCUT2D eigenvalue weighted by Crippen LogP contribution is 2.29. The lowest BCUT2D eigenvalue weighted by Crippen LogP contribution is -2.23. The fraction of sp³-hybridized carbons (Fsp3) is 0.514. The van der Waals surface area contributed by atoms with Gasteiger partial charge in [0.15, 0.2) is 11.6 Å². The van der Waals surface area contributed by atoms with Gasteiger partial charge in [-0.1, -0.05) is 67.4 Å². The van der Waals surface area contributed by atoms with Crippen LogP contribution >= 0.6 is 0 Å². The fourth-order valence-electron chi connectivity index (χ4n) is 5.14. The number of carbonyl (C=O) groups is 1. The third-order valence-corrected chi connectivity index (χ3v) is 7.88. The normalized spacial score (nSPS) is 16.8. The fourth-order valence-corrected chi connectivity index (χ4v) is 5.14. The van der Waals surface area contributed by atoms with Crippen LogP contribution in [-0.2, 0) is 14.3 Å². The summed E-state index contributed by atoms with van der Waals surface area (Å²) in [5, 5.41) is 0. The van der Waals surface area contributed by atoms with Crippen molar-refractivity contribution >= 4 is 5.97 Å². The molecule has 0 amide bonds. The van der Waals surface area contributed by atoms with Crippen molar-refractivity contribution < 1.29 is 19.0 Å². The van der Waals surface area contributed by atoms with E-state index in [2.05, 4.69) is 72.3 Å². The first kappa shape index (κ1) is 30.7. The van der Waals surface area contributed by atoms with Crippen molar-refractivity contribution in [3.63, 3.8) is 0 Å². The quantitative estimate of drug-likeness (QED) is 0.130. The Morgan fingerprint density at radius 3 is 1.90 bits per heavy atom. The number of hydrogen-bond donors (Lipinski definition) is 0. The summed E-state index contributed by atoms with van der Waals surface area (Å²) in [4.78, 5) is 21.1. The summed E-state index contributed by atoms with van der Waals surface area (Å²) < 4.78 is 17.1. The number of esters is 1. The number of unbranched alkanes of at least 4 members (excludes halogenated alkanes) is 4. The molecule has 1 aliphatic rings. The van der Waals surface area contributed by atoms with Gasteiger partial charge in [0, 0.05) is 18.8 Å². The molecule has 41 heavy (non-hydrogen) atoms. The highest BCUT2D eigenvalue weighted by atomic mass is 16.5. The summed E-state index contributed by atoms with van der Waals surface area (Å²) in [6.45, 7) is 7.07. The van der Waals surface area contributed by atoms with E-state index in [1.165, 1.54) is 16.7 Å². The molecule has 4 rings (SSSR count). The Hall–Kier alpha value is -3.25. The van der Waals surface area contributed by atoms with Crippen LogP contribution in [0.1, 0.15) is 76.7 Å². The van der Waals surface area contributed by atoms with E-state index in [0.717, 1.165) is 88.9 Å². The zero-order valence-corrected chi connectivity index (χ0v) is 24.9. The average molecular weight is 559 g/mol. The lowest BCUT2D eigenvalue weighted by Gasteiger charge is -2.24. The molecule has 1 heterocycles. The van der Waals surface area contributed by atoms with Crippen LogP contribution in [0.2, 0.25) is 0 Å². The molecule has 1 aliphatic carbocycles. The van der Waals surface area contributed by atoms with Gasteiger partial charge in [-0.2, -0.15) is 0 Å². The van der Waals surface area contributed by atoms with E-state index in [1.54, 1.807) is 12.4 Å². The van der Waals surface area contributed by atoms with Crippen LogP contribution in [0.15, 0.2) is 60.9 Å². The SMILES string of the molecule is Cc1ccc(-c2ccc(-c3ncc(OCCCCOCCCCCCOC(=O)C4CCC(C)CC4)cn3)cc2)cc1. The molecule has 1 fully saturated rings. The first-order valence-electron chi connectivity index (χ1n) is 15.4. The van der Waals surface area contributed by atoms with Crippen molar-refractivity contribution in [3.05, 3.63) is 66.5 Å². The Labute approximate surface area is 245 Å². The number of ether oxygens (including phenoxy) is 3. The van der Waals surface area contributed by atoms with E-state index in [9.17, 15) is 4.79 Å². The molecule has 2 aromatic carbocycles. The summed E-state index contributed by atoms with van der Waals surface area (Å²) in [6, 6.07) is 16.9. The number of hydrogen-bond acceptors (Lipinski definition) is 6. The van der Waals surface area contributed by atoms with Crippen molar-refractivity contribution in [2.24, 2.45) is 11.8 Å². The van der Waals surface area contributed by atoms with Crippen LogP contribution in [-0.4, -0.2) is 42.4 Å². The van der Waals surface area contributed by atoms with Crippen LogP contribution in [0, 0.1) is 18.8 Å². The summed E-state index contributed by atoms with van der Waals surface area (Å²) in [5.41, 5.74) is 4.62. The molecule has 0 saturated heterocycles. The van der Waals surface area contributed by atoms with Gasteiger partial charge in [-0.15, -0.1) is 0 Å². The molecule has 0 aliphatic heterocycles. The van der Waals surface area contributed by atoms with E-state index in [-0.39, 0.29) is 11.9 Å². The van der Waals surface area contributed by atoms with Crippen molar-refractivity contribution in [2.75, 3.05) is 26.4 Å². The standard InChI is InChI=1S/C35H46N2O4/c1-27-9-13-29(14-10-27)30-17-19-31(20-18-30)34-36-25-33(26-37-34)40-23-8-7-22-39-21-5-3-4-6-24-41-35(38)32-15-11-28(2)12-16-32/h9-10,13-14,17-20,25-26,28,32H,3-8,11-12,15-16,21-24H2,1-2H3. The lowest BCUT2D eigenvalue weighted by molar-refractivity contribution is -0.150. The molecule has 1 aromatic heterocycles. The topological polar surface area (TPSA) is 70.5 Å². The molecular formula is C35H46N2O4. The van der Waals surface area contributed by atoms with Gasteiger partial charge in [0.1, 0.15) is 0 Å². The van der Waals surface area contributed by atoms with Crippen LogP contribution < -0.4 is 4.74 Å². The van der Waals surface area contributed by atoms with Crippen LogP contribution in [0.4, 0.5) is 0 Å². The maximum absolute atomic E-state index is 12.1.